The van der Waals surface area contributed by atoms with Crippen LogP contribution in [0.1, 0.15) is 13.3 Å². The molecule has 2 N–H and O–H groups in total. The SMILES string of the molecule is CC(=O)CC1CNCC1C(=O)O. The standard InChI is InChI=1S/C8H13NO3/c1-5(10)2-6-3-9-4-7(6)8(11)12/h6-7,9H,2-4H2,1H3,(H,11,12). The van der Waals surface area contributed by atoms with Crippen molar-refractivity contribution in [2.75, 3.05) is 13.1 Å². The Morgan fingerprint density at radius 2 is 2.17 bits per heavy atom. The topological polar surface area (TPSA) is 66.4 Å². The summed E-state index contributed by atoms with van der Waals surface area (Å²) < 4.78 is 0. The van der Waals surface area contributed by atoms with Gasteiger partial charge in [0.15, 0.2) is 0 Å². The fourth-order valence-corrected chi connectivity index (χ4v) is 1.61. The van der Waals surface area contributed by atoms with Crippen LogP contribution in [-0.2, 0) is 9.59 Å². The van der Waals surface area contributed by atoms with Crippen LogP contribution in [-0.4, -0.2) is 29.9 Å². The van der Waals surface area contributed by atoms with E-state index in [4.69, 9.17) is 5.11 Å². The van der Waals surface area contributed by atoms with Crippen LogP contribution in [0.3, 0.4) is 0 Å². The number of hydrogen-bond donors (Lipinski definition) is 2. The molecule has 1 aliphatic heterocycles. The molecule has 1 rings (SSSR count). The Labute approximate surface area is 71.0 Å². The lowest BCUT2D eigenvalue weighted by Gasteiger charge is -2.11. The molecule has 68 valence electrons. The molecule has 2 unspecified atom stereocenters. The van der Waals surface area contributed by atoms with E-state index in [1.54, 1.807) is 0 Å². The van der Waals surface area contributed by atoms with Crippen molar-refractivity contribution in [3.8, 4) is 0 Å². The van der Waals surface area contributed by atoms with E-state index in [1.165, 1.54) is 6.92 Å². The minimum atomic E-state index is -0.800. The van der Waals surface area contributed by atoms with Gasteiger partial charge in [-0.25, -0.2) is 0 Å². The van der Waals surface area contributed by atoms with Crippen molar-refractivity contribution < 1.29 is 14.7 Å². The van der Waals surface area contributed by atoms with Crippen molar-refractivity contribution in [1.29, 1.82) is 0 Å². The van der Waals surface area contributed by atoms with Crippen LogP contribution in [0.25, 0.3) is 0 Å². The third kappa shape index (κ3) is 2.04. The predicted molar refractivity (Wildman–Crippen MR) is 42.8 cm³/mol. The van der Waals surface area contributed by atoms with Gasteiger partial charge < -0.3 is 15.2 Å². The molecule has 0 aromatic carbocycles. The number of carboxylic acids is 1. The van der Waals surface area contributed by atoms with Crippen LogP contribution in [0.2, 0.25) is 0 Å². The molecule has 4 nitrogen and oxygen atoms in total. The lowest BCUT2D eigenvalue weighted by atomic mass is 9.92. The summed E-state index contributed by atoms with van der Waals surface area (Å²) >= 11 is 0. The summed E-state index contributed by atoms with van der Waals surface area (Å²) in [5.74, 6) is -1.13. The zero-order valence-electron chi connectivity index (χ0n) is 7.04. The largest absolute Gasteiger partial charge is 0.481 e. The minimum Gasteiger partial charge on any atom is -0.481 e. The molecule has 0 aliphatic carbocycles. The first-order valence-electron chi connectivity index (χ1n) is 4.04. The maximum Gasteiger partial charge on any atom is 0.308 e. The second-order valence-corrected chi connectivity index (χ2v) is 3.27. The smallest absolute Gasteiger partial charge is 0.308 e. The molecule has 0 radical (unpaired) electrons. The number of Topliss-reactive ketones (excluding diaryl/α,β-unsaturated/α-hetero) is 1. The van der Waals surface area contributed by atoms with Gasteiger partial charge in [0.25, 0.3) is 0 Å². The molecule has 0 aromatic rings. The van der Waals surface area contributed by atoms with Gasteiger partial charge in [-0.2, -0.15) is 0 Å². The third-order valence-corrected chi connectivity index (χ3v) is 2.21. The molecule has 1 saturated heterocycles. The van der Waals surface area contributed by atoms with Crippen LogP contribution < -0.4 is 5.32 Å². The molecule has 2 atom stereocenters. The van der Waals surface area contributed by atoms with Gasteiger partial charge in [0, 0.05) is 13.0 Å². The highest BCUT2D eigenvalue weighted by Gasteiger charge is 2.33. The van der Waals surface area contributed by atoms with Crippen molar-refractivity contribution in [3.05, 3.63) is 0 Å². The second-order valence-electron chi connectivity index (χ2n) is 3.27. The van der Waals surface area contributed by atoms with E-state index in [0.717, 1.165) is 0 Å². The van der Waals surface area contributed by atoms with Crippen molar-refractivity contribution in [1.82, 2.24) is 5.32 Å². The van der Waals surface area contributed by atoms with E-state index >= 15 is 0 Å². The summed E-state index contributed by atoms with van der Waals surface area (Å²) in [6, 6.07) is 0. The van der Waals surface area contributed by atoms with Crippen LogP contribution in [0, 0.1) is 11.8 Å². The summed E-state index contributed by atoms with van der Waals surface area (Å²) in [7, 11) is 0. The van der Waals surface area contributed by atoms with E-state index in [2.05, 4.69) is 5.32 Å². The first kappa shape index (κ1) is 9.19. The highest BCUT2D eigenvalue weighted by Crippen LogP contribution is 2.20. The number of hydrogen-bond acceptors (Lipinski definition) is 3. The molecule has 1 fully saturated rings. The van der Waals surface area contributed by atoms with E-state index < -0.39 is 5.97 Å². The minimum absolute atomic E-state index is 0.0139. The molecule has 4 heteroatoms. The maximum atomic E-state index is 10.7. The van der Waals surface area contributed by atoms with Gasteiger partial charge in [0.05, 0.1) is 5.92 Å². The average molecular weight is 171 g/mol. The van der Waals surface area contributed by atoms with Gasteiger partial charge in [-0.1, -0.05) is 0 Å². The summed E-state index contributed by atoms with van der Waals surface area (Å²) in [5.41, 5.74) is 0. The van der Waals surface area contributed by atoms with Crippen LogP contribution >= 0.6 is 0 Å². The Hall–Kier alpha value is -0.900. The summed E-state index contributed by atoms with van der Waals surface area (Å²) in [5, 5.41) is 11.7. The first-order valence-corrected chi connectivity index (χ1v) is 4.04. The van der Waals surface area contributed by atoms with E-state index in [1.807, 2.05) is 0 Å². The van der Waals surface area contributed by atoms with E-state index in [0.29, 0.717) is 19.5 Å². The fraction of sp³-hybridized carbons (Fsp3) is 0.750. The lowest BCUT2D eigenvalue weighted by molar-refractivity contribution is -0.142. The number of aliphatic carboxylic acids is 1. The fourth-order valence-electron chi connectivity index (χ4n) is 1.61. The van der Waals surface area contributed by atoms with Gasteiger partial charge in [0.2, 0.25) is 0 Å². The number of rotatable bonds is 3. The molecular weight excluding hydrogens is 158 g/mol. The summed E-state index contributed by atoms with van der Waals surface area (Å²) in [6.45, 7) is 2.64. The Morgan fingerprint density at radius 1 is 1.50 bits per heavy atom. The number of carbonyl (C=O) groups is 2. The van der Waals surface area contributed by atoms with Crippen molar-refractivity contribution in [2.24, 2.45) is 11.8 Å². The van der Waals surface area contributed by atoms with Gasteiger partial charge >= 0.3 is 5.97 Å². The predicted octanol–water partition coefficient (Wildman–Crippen LogP) is -0.114. The maximum absolute atomic E-state index is 10.7. The Bertz CT molecular complexity index is 202. The monoisotopic (exact) mass is 171 g/mol. The number of nitrogens with one attached hydrogen (secondary N) is 1. The molecule has 0 amide bonds. The number of carboxylic acid groups (broad SMARTS) is 1. The average Bonchev–Trinajstić information content (AvgIpc) is 2.33. The Kier molecular flexibility index (Phi) is 2.81. The van der Waals surface area contributed by atoms with Gasteiger partial charge in [0.1, 0.15) is 5.78 Å². The zero-order chi connectivity index (χ0) is 9.14. The highest BCUT2D eigenvalue weighted by atomic mass is 16.4. The van der Waals surface area contributed by atoms with E-state index in [-0.39, 0.29) is 17.6 Å². The second kappa shape index (κ2) is 3.67. The van der Waals surface area contributed by atoms with Crippen LogP contribution in [0.15, 0.2) is 0 Å². The quantitative estimate of drug-likeness (QED) is 0.621. The van der Waals surface area contributed by atoms with Crippen molar-refractivity contribution in [3.63, 3.8) is 0 Å². The van der Waals surface area contributed by atoms with Crippen molar-refractivity contribution in [2.45, 2.75) is 13.3 Å². The Balaban J connectivity index is 2.52. The van der Waals surface area contributed by atoms with Crippen LogP contribution in [0.5, 0.6) is 0 Å². The van der Waals surface area contributed by atoms with E-state index in [9.17, 15) is 9.59 Å². The molecule has 1 aliphatic rings. The van der Waals surface area contributed by atoms with Gasteiger partial charge in [-0.15, -0.1) is 0 Å². The van der Waals surface area contributed by atoms with Gasteiger partial charge in [-0.3, -0.25) is 4.79 Å². The first-order chi connectivity index (χ1) is 5.61. The summed E-state index contributed by atoms with van der Waals surface area (Å²) in [4.78, 5) is 21.4. The van der Waals surface area contributed by atoms with Crippen LogP contribution in [0.4, 0.5) is 0 Å². The number of carbonyl (C=O) groups excluding carboxylic acids is 1. The molecule has 0 aromatic heterocycles. The third-order valence-electron chi connectivity index (χ3n) is 2.21. The highest BCUT2D eigenvalue weighted by molar-refractivity contribution is 5.78. The number of ketones is 1. The summed E-state index contributed by atoms with van der Waals surface area (Å²) in [6.07, 6.45) is 0.379. The van der Waals surface area contributed by atoms with Gasteiger partial charge in [-0.05, 0) is 19.4 Å². The lowest BCUT2D eigenvalue weighted by Crippen LogP contribution is -2.23. The zero-order valence-corrected chi connectivity index (χ0v) is 7.04. The van der Waals surface area contributed by atoms with Crippen molar-refractivity contribution >= 4 is 11.8 Å². The molecule has 0 saturated carbocycles. The molecule has 0 bridgehead atoms. The molecule has 0 spiro atoms. The molecule has 1 heterocycles. The Morgan fingerprint density at radius 3 is 2.67 bits per heavy atom. The normalized spacial score (nSPS) is 28.8. The molecular formula is C8H13NO3. The molecule has 12 heavy (non-hydrogen) atoms.